The SMILES string of the molecule is c1ccc(-c2ccc3c(c2)c2cc(-c4ccccc4)ccc2n3-c2ccc(N(c3ccccc3)c3ccc(-c4cnc5c6ccccc6c6ccccc6c5n4)cc3)cc2)cc1. The van der Waals surface area contributed by atoms with E-state index in [0.717, 1.165) is 55.8 Å². The largest absolute Gasteiger partial charge is 0.311 e. The molecule has 2 aromatic heterocycles. The van der Waals surface area contributed by atoms with Crippen molar-refractivity contribution in [1.82, 2.24) is 14.5 Å². The maximum absolute atomic E-state index is 5.25. The minimum Gasteiger partial charge on any atom is -0.311 e. The normalized spacial score (nSPS) is 11.5. The van der Waals surface area contributed by atoms with E-state index in [1.807, 2.05) is 6.20 Å². The fourth-order valence-corrected chi connectivity index (χ4v) is 9.24. The second kappa shape index (κ2) is 14.7. The smallest absolute Gasteiger partial charge is 0.0979 e. The third-order valence-electron chi connectivity index (χ3n) is 12.2. The molecule has 0 amide bonds. The second-order valence-corrected chi connectivity index (χ2v) is 15.8. The van der Waals surface area contributed by atoms with Crippen LogP contribution < -0.4 is 4.90 Å². The van der Waals surface area contributed by atoms with Gasteiger partial charge >= 0.3 is 0 Å². The summed E-state index contributed by atoms with van der Waals surface area (Å²) in [6.07, 6.45) is 1.91. The maximum atomic E-state index is 5.25. The Kier molecular flexibility index (Phi) is 8.46. The number of para-hydroxylation sites is 1. The lowest BCUT2D eigenvalue weighted by molar-refractivity contribution is 1.17. The zero-order chi connectivity index (χ0) is 41.0. The van der Waals surface area contributed by atoms with Gasteiger partial charge in [0.1, 0.15) is 0 Å². The van der Waals surface area contributed by atoms with Crippen molar-refractivity contribution in [2.75, 3.05) is 4.90 Å². The van der Waals surface area contributed by atoms with Gasteiger partial charge in [-0.1, -0.05) is 152 Å². The number of hydrogen-bond acceptors (Lipinski definition) is 3. The summed E-state index contributed by atoms with van der Waals surface area (Å²) in [6, 6.07) is 80.2. The molecule has 0 radical (unpaired) electrons. The molecule has 0 spiro atoms. The van der Waals surface area contributed by atoms with Gasteiger partial charge in [-0.15, -0.1) is 0 Å². The van der Waals surface area contributed by atoms with Gasteiger partial charge in [-0.3, -0.25) is 4.98 Å². The molecule has 0 atom stereocenters. The van der Waals surface area contributed by atoms with Crippen LogP contribution in [-0.2, 0) is 0 Å². The van der Waals surface area contributed by atoms with Crippen LogP contribution in [0.5, 0.6) is 0 Å². The quantitative estimate of drug-likeness (QED) is 0.151. The first-order valence-electron chi connectivity index (χ1n) is 21.1. The third kappa shape index (κ3) is 6.00. The van der Waals surface area contributed by atoms with Crippen molar-refractivity contribution in [3.63, 3.8) is 0 Å². The number of hydrogen-bond donors (Lipinski definition) is 0. The van der Waals surface area contributed by atoms with E-state index in [1.165, 1.54) is 54.8 Å². The fraction of sp³-hybridized carbons (Fsp3) is 0. The van der Waals surface area contributed by atoms with E-state index in [9.17, 15) is 0 Å². The molecule has 0 fully saturated rings. The average molecular weight is 791 g/mol. The number of benzene rings is 10. The summed E-state index contributed by atoms with van der Waals surface area (Å²) >= 11 is 0. The minimum atomic E-state index is 0.845. The zero-order valence-electron chi connectivity index (χ0n) is 33.7. The van der Waals surface area contributed by atoms with E-state index in [-0.39, 0.29) is 0 Å². The first-order valence-corrected chi connectivity index (χ1v) is 21.1. The Balaban J connectivity index is 0.940. The molecule has 12 rings (SSSR count). The lowest BCUT2D eigenvalue weighted by atomic mass is 9.99. The lowest BCUT2D eigenvalue weighted by Gasteiger charge is -2.26. The van der Waals surface area contributed by atoms with Gasteiger partial charge in [-0.2, -0.15) is 0 Å². The molecule has 0 unspecified atom stereocenters. The van der Waals surface area contributed by atoms with Crippen LogP contribution in [0.15, 0.2) is 231 Å². The summed E-state index contributed by atoms with van der Waals surface area (Å²) in [5.74, 6) is 0. The van der Waals surface area contributed by atoms with E-state index < -0.39 is 0 Å². The second-order valence-electron chi connectivity index (χ2n) is 15.8. The number of rotatable bonds is 7. The van der Waals surface area contributed by atoms with Crippen molar-refractivity contribution < 1.29 is 0 Å². The number of fused-ring (bicyclic) bond motifs is 9. The fourth-order valence-electron chi connectivity index (χ4n) is 9.24. The van der Waals surface area contributed by atoms with Crippen LogP contribution in [0.4, 0.5) is 17.1 Å². The Bertz CT molecular complexity index is 3470. The number of aromatic nitrogens is 3. The van der Waals surface area contributed by atoms with Crippen LogP contribution in [0.25, 0.3) is 93.6 Å². The Hall–Kier alpha value is -8.34. The monoisotopic (exact) mass is 790 g/mol. The van der Waals surface area contributed by atoms with Gasteiger partial charge in [0.05, 0.1) is 34.0 Å². The molecular formula is C58H38N4. The number of nitrogens with zero attached hydrogens (tertiary/aromatic N) is 4. The van der Waals surface area contributed by atoms with E-state index in [2.05, 4.69) is 234 Å². The predicted octanol–water partition coefficient (Wildman–Crippen LogP) is 15.5. The van der Waals surface area contributed by atoms with Crippen molar-refractivity contribution in [3.8, 4) is 39.2 Å². The maximum Gasteiger partial charge on any atom is 0.0979 e. The van der Waals surface area contributed by atoms with Crippen LogP contribution in [0.3, 0.4) is 0 Å². The molecule has 0 N–H and O–H groups in total. The summed E-state index contributed by atoms with van der Waals surface area (Å²) < 4.78 is 2.40. The highest BCUT2D eigenvalue weighted by Crippen LogP contribution is 2.40. The van der Waals surface area contributed by atoms with Gasteiger partial charge in [-0.05, 0) is 106 Å². The molecule has 62 heavy (non-hydrogen) atoms. The van der Waals surface area contributed by atoms with E-state index in [0.29, 0.717) is 0 Å². The molecule has 0 saturated heterocycles. The van der Waals surface area contributed by atoms with Crippen molar-refractivity contribution in [2.24, 2.45) is 0 Å². The molecule has 0 bridgehead atoms. The van der Waals surface area contributed by atoms with Gasteiger partial charge in [0.25, 0.3) is 0 Å². The Labute approximate surface area is 359 Å². The van der Waals surface area contributed by atoms with Crippen molar-refractivity contribution >= 4 is 71.4 Å². The standard InChI is InChI=1S/C58H38N4/c1-4-14-39(15-5-1)42-26-34-55-52(36-42)53-37-43(40-16-6-2-7-17-40)27-35-56(53)62(55)47-32-30-46(31-33-47)61(44-18-8-3-9-19-44)45-28-24-41(25-29-45)54-38-59-57-50-22-12-10-20-48(50)49-21-11-13-23-51(49)58(57)60-54/h1-38H. The van der Waals surface area contributed by atoms with E-state index in [1.54, 1.807) is 0 Å². The number of anilines is 3. The van der Waals surface area contributed by atoms with Crippen LogP contribution in [0.1, 0.15) is 0 Å². The first-order chi connectivity index (χ1) is 30.7. The summed E-state index contributed by atoms with van der Waals surface area (Å²) in [7, 11) is 0. The molecule has 4 nitrogen and oxygen atoms in total. The van der Waals surface area contributed by atoms with Crippen molar-refractivity contribution in [3.05, 3.63) is 231 Å². The van der Waals surface area contributed by atoms with Gasteiger partial charge < -0.3 is 9.47 Å². The molecule has 12 aromatic rings. The van der Waals surface area contributed by atoms with Gasteiger partial charge in [0.2, 0.25) is 0 Å². The van der Waals surface area contributed by atoms with E-state index >= 15 is 0 Å². The molecule has 0 aliphatic carbocycles. The molecule has 0 aliphatic rings. The van der Waals surface area contributed by atoms with E-state index in [4.69, 9.17) is 9.97 Å². The van der Waals surface area contributed by atoms with Crippen LogP contribution >= 0.6 is 0 Å². The highest BCUT2D eigenvalue weighted by atomic mass is 15.1. The third-order valence-corrected chi connectivity index (χ3v) is 12.2. The average Bonchev–Trinajstić information content (AvgIpc) is 3.68. The molecular weight excluding hydrogens is 753 g/mol. The summed E-state index contributed by atoms with van der Waals surface area (Å²) in [4.78, 5) is 12.6. The van der Waals surface area contributed by atoms with Gasteiger partial charge in [0, 0.05) is 49.9 Å². The van der Waals surface area contributed by atoms with Crippen LogP contribution in [0.2, 0.25) is 0 Å². The molecule has 4 heteroatoms. The molecule has 290 valence electrons. The van der Waals surface area contributed by atoms with Gasteiger partial charge in [0.15, 0.2) is 0 Å². The van der Waals surface area contributed by atoms with Crippen molar-refractivity contribution in [1.29, 1.82) is 0 Å². The Morgan fingerprint density at radius 1 is 0.323 bits per heavy atom. The first kappa shape index (κ1) is 35.6. The Morgan fingerprint density at radius 3 is 1.31 bits per heavy atom. The summed E-state index contributed by atoms with van der Waals surface area (Å²) in [5.41, 5.74) is 15.2. The van der Waals surface area contributed by atoms with Crippen molar-refractivity contribution in [2.45, 2.75) is 0 Å². The molecule has 0 saturated carbocycles. The lowest BCUT2D eigenvalue weighted by Crippen LogP contribution is -2.10. The highest BCUT2D eigenvalue weighted by molar-refractivity contribution is 6.23. The van der Waals surface area contributed by atoms with Crippen LogP contribution in [-0.4, -0.2) is 14.5 Å². The van der Waals surface area contributed by atoms with Crippen LogP contribution in [0, 0.1) is 0 Å². The van der Waals surface area contributed by atoms with Gasteiger partial charge in [-0.25, -0.2) is 4.98 Å². The minimum absolute atomic E-state index is 0.845. The molecule has 10 aromatic carbocycles. The summed E-state index contributed by atoms with van der Waals surface area (Å²) in [5, 5.41) is 7.07. The highest BCUT2D eigenvalue weighted by Gasteiger charge is 2.18. The predicted molar refractivity (Wildman–Crippen MR) is 260 cm³/mol. The topological polar surface area (TPSA) is 34.0 Å². The zero-order valence-corrected chi connectivity index (χ0v) is 33.7. The molecule has 0 aliphatic heterocycles. The molecule has 2 heterocycles. The summed E-state index contributed by atoms with van der Waals surface area (Å²) in [6.45, 7) is 0. The Morgan fingerprint density at radius 2 is 0.758 bits per heavy atom.